The first-order chi connectivity index (χ1) is 50.8. The van der Waals surface area contributed by atoms with E-state index in [4.69, 9.17) is 13.1 Å². The number of hydrogen-bond acceptors (Lipinski definition) is 10. The number of rotatable bonds is 26. The zero-order valence-electron chi connectivity index (χ0n) is 59.4. The number of nitriles is 2. The Morgan fingerprint density at radius 3 is 1.12 bits per heavy atom. The summed E-state index contributed by atoms with van der Waals surface area (Å²) in [6, 6.07) is 56.3. The molecule has 11 aromatic rings. The average molecular weight is 1530 g/mol. The molecule has 0 saturated heterocycles. The SMILES string of the molecule is [C-]#[N+]/C(C#N)=C1/C(=Cc2cc3sc4c(c3s2)C(c2ccc(CCCCCC)cc2)(c2ccc(CCCCCC)cc2)c2cc3c(cc2-4)C(c2ccc(CCCCCC)cc2)(c2ccc(CCCCCC)cc2)c2c-3sc3cc(C=C4C(=O)c5sc(C)cc5/C4=C(\C#N)[N+]#[C-])sc23)C(=O)c2sc(Br)cc21. The minimum Gasteiger partial charge on any atom is -0.288 e. The number of carbonyl (C=O) groups excluding carboxylic acids is 2. The summed E-state index contributed by atoms with van der Waals surface area (Å²) in [4.78, 5) is 43.0. The zero-order valence-corrected chi connectivity index (χ0v) is 65.9. The molecule has 15 rings (SSSR count). The molecule has 0 spiro atoms. The second-order valence-corrected chi connectivity index (χ2v) is 36.3. The fourth-order valence-electron chi connectivity index (χ4n) is 16.8. The number of halogens is 1. The van der Waals surface area contributed by atoms with Crippen molar-refractivity contribution in [2.24, 2.45) is 0 Å². The van der Waals surface area contributed by atoms with Crippen LogP contribution in [-0.2, 0) is 36.5 Å². The van der Waals surface area contributed by atoms with E-state index in [2.05, 4.69) is 187 Å². The number of hydrogen-bond donors (Lipinski definition) is 0. The van der Waals surface area contributed by atoms with Crippen molar-refractivity contribution in [3.05, 3.63) is 285 Å². The fraction of sp³-hybridized carbons (Fsp3) is 0.297. The van der Waals surface area contributed by atoms with Gasteiger partial charge in [-0.15, -0.1) is 68.0 Å². The van der Waals surface area contributed by atoms with Crippen molar-refractivity contribution in [3.8, 4) is 33.0 Å². The van der Waals surface area contributed by atoms with Crippen molar-refractivity contribution in [1.82, 2.24) is 0 Å². The van der Waals surface area contributed by atoms with Crippen LogP contribution in [0.3, 0.4) is 0 Å². The summed E-state index contributed by atoms with van der Waals surface area (Å²) in [5.41, 5.74) is 18.5. The van der Waals surface area contributed by atoms with Crippen molar-refractivity contribution in [1.29, 1.82) is 10.5 Å². The van der Waals surface area contributed by atoms with E-state index in [0.29, 0.717) is 43.2 Å². The van der Waals surface area contributed by atoms with Crippen LogP contribution in [0.2, 0.25) is 0 Å². The van der Waals surface area contributed by atoms with Crippen LogP contribution in [0.25, 0.3) is 72.7 Å². The average Bonchev–Trinajstić information content (AvgIpc) is 1.49. The smallest absolute Gasteiger partial charge is 0.270 e. The monoisotopic (exact) mass is 1530 g/mol. The van der Waals surface area contributed by atoms with Crippen LogP contribution in [0, 0.1) is 42.7 Å². The van der Waals surface area contributed by atoms with Gasteiger partial charge in [-0.3, -0.25) is 9.59 Å². The van der Waals surface area contributed by atoms with Crippen LogP contribution in [0.1, 0.15) is 242 Å². The molecule has 0 bridgehead atoms. The van der Waals surface area contributed by atoms with Gasteiger partial charge in [-0.25, -0.2) is 20.2 Å². The number of unbranched alkanes of at least 4 members (excludes halogenated alkanes) is 12. The number of aryl methyl sites for hydroxylation is 5. The maximum atomic E-state index is 14.7. The highest BCUT2D eigenvalue weighted by Gasteiger charge is 2.55. The highest BCUT2D eigenvalue weighted by molar-refractivity contribution is 9.11. The van der Waals surface area contributed by atoms with Crippen molar-refractivity contribution in [2.75, 3.05) is 0 Å². The van der Waals surface area contributed by atoms with Crippen LogP contribution in [0.15, 0.2) is 160 Å². The maximum Gasteiger partial charge on any atom is 0.270 e. The summed E-state index contributed by atoms with van der Waals surface area (Å²) in [5, 5.41) is 20.9. The molecule has 0 unspecified atom stereocenters. The molecule has 0 saturated carbocycles. The van der Waals surface area contributed by atoms with Gasteiger partial charge in [0.1, 0.15) is 0 Å². The zero-order chi connectivity index (χ0) is 72.0. The van der Waals surface area contributed by atoms with Crippen molar-refractivity contribution in [3.63, 3.8) is 0 Å². The number of carbonyl (C=O) groups is 2. The number of Topliss-reactive ketones (excluding diaryl/α,β-unsaturated/α-hetero) is 2. The molecule has 0 aliphatic heterocycles. The van der Waals surface area contributed by atoms with Crippen molar-refractivity contribution >= 4 is 138 Å². The highest BCUT2D eigenvalue weighted by Crippen LogP contribution is 2.68. The lowest BCUT2D eigenvalue weighted by atomic mass is 9.65. The second kappa shape index (κ2) is 30.2. The van der Waals surface area contributed by atoms with Gasteiger partial charge in [-0.2, -0.15) is 0 Å². The van der Waals surface area contributed by atoms with Gasteiger partial charge >= 0.3 is 0 Å². The largest absolute Gasteiger partial charge is 0.288 e. The van der Waals surface area contributed by atoms with Gasteiger partial charge < -0.3 is 0 Å². The summed E-state index contributed by atoms with van der Waals surface area (Å²) < 4.78 is 5.31. The van der Waals surface area contributed by atoms with Crippen molar-refractivity contribution < 1.29 is 9.59 Å². The summed E-state index contributed by atoms with van der Waals surface area (Å²) >= 11 is 13.4. The first-order valence-electron chi connectivity index (χ1n) is 37.0. The first-order valence-corrected chi connectivity index (χ1v) is 42.7. The molecule has 4 aliphatic rings. The van der Waals surface area contributed by atoms with Gasteiger partial charge in [0.05, 0.1) is 59.1 Å². The maximum absolute atomic E-state index is 14.7. The molecule has 0 radical (unpaired) electrons. The molecule has 0 fully saturated rings. The molecular weight excluding hydrogens is 1450 g/mol. The Morgan fingerprint density at radius 2 is 0.779 bits per heavy atom. The highest BCUT2D eigenvalue weighted by atomic mass is 79.9. The third kappa shape index (κ3) is 12.3. The molecule has 0 amide bonds. The first kappa shape index (κ1) is 71.2. The van der Waals surface area contributed by atoms with E-state index < -0.39 is 10.8 Å². The Bertz CT molecular complexity index is 5060. The topological polar surface area (TPSA) is 90.4 Å². The number of fused-ring (bicyclic) bond motifs is 12. The Labute approximate surface area is 643 Å². The second-order valence-electron chi connectivity index (χ2n) is 28.3. The van der Waals surface area contributed by atoms with Gasteiger partial charge in [0, 0.05) is 67.2 Å². The van der Waals surface area contributed by atoms with Crippen LogP contribution >= 0.6 is 84.0 Å². The number of allylic oxidation sites excluding steroid dienone is 6. The van der Waals surface area contributed by atoms with Gasteiger partial charge in [-0.1, -0.05) is 202 Å². The van der Waals surface area contributed by atoms with E-state index in [1.54, 1.807) is 22.7 Å². The lowest BCUT2D eigenvalue weighted by Gasteiger charge is -2.36. The van der Waals surface area contributed by atoms with Crippen LogP contribution in [0.5, 0.6) is 0 Å². The molecule has 6 nitrogen and oxygen atoms in total. The fourth-order valence-corrected chi connectivity index (χ4v) is 24.8. The predicted octanol–water partition coefficient (Wildman–Crippen LogP) is 27.5. The van der Waals surface area contributed by atoms with Gasteiger partial charge in [0.15, 0.2) is 0 Å². The standard InChI is InChI=1S/C91H79BrN4O2S6/c1-8-12-16-20-24-55-28-36-59(37-29-55)90(60-38-30-56(31-39-60)25-21-17-13-9-2)71-50-66-72(49-65(71)84-80(90)88-75(102-84)47-63(100-88)45-67-78(73(52-93)95-6)69-44-54(5)99-86(69)82(67)97)91(61-40-32-57(33-41-61)26-22-18-14-10-3,62-42-34-58(35-43-62)27-23-19-15-11-4)81-85(66)103-76-48-64(101-89(76)81)46-68-79(74(53-94)96-7)70-51-77(92)104-87(70)83(68)98/h28-51H,8-27H2,1-5H3/b67-45?,68-46?,78-73+,79-74-. The van der Waals surface area contributed by atoms with E-state index in [1.807, 2.05) is 53.9 Å². The summed E-state index contributed by atoms with van der Waals surface area (Å²) in [6.45, 7) is 27.3. The molecule has 4 aliphatic carbocycles. The molecule has 5 aromatic carbocycles. The molecule has 518 valence electrons. The molecule has 104 heavy (non-hydrogen) atoms. The van der Waals surface area contributed by atoms with Gasteiger partial charge in [0.2, 0.25) is 11.6 Å². The lowest BCUT2D eigenvalue weighted by Crippen LogP contribution is -2.30. The molecule has 13 heteroatoms. The van der Waals surface area contributed by atoms with Crippen molar-refractivity contribution in [2.45, 2.75) is 174 Å². The summed E-state index contributed by atoms with van der Waals surface area (Å²) in [5.74, 6) is -0.322. The minimum absolute atomic E-state index is 0.0736. The van der Waals surface area contributed by atoms with E-state index in [1.165, 1.54) is 187 Å². The van der Waals surface area contributed by atoms with Crippen LogP contribution < -0.4 is 0 Å². The predicted molar refractivity (Wildman–Crippen MR) is 443 cm³/mol. The van der Waals surface area contributed by atoms with E-state index in [0.717, 1.165) is 88.6 Å². The number of nitrogens with zero attached hydrogens (tertiary/aromatic N) is 4. The van der Waals surface area contributed by atoms with E-state index in [-0.39, 0.29) is 23.0 Å². The van der Waals surface area contributed by atoms with E-state index >= 15 is 0 Å². The molecule has 6 heterocycles. The van der Waals surface area contributed by atoms with E-state index in [9.17, 15) is 20.1 Å². The summed E-state index contributed by atoms with van der Waals surface area (Å²) in [7, 11) is 0. The van der Waals surface area contributed by atoms with Gasteiger partial charge in [-0.05, 0) is 201 Å². The molecule has 0 atom stereocenters. The number of benzene rings is 5. The Hall–Kier alpha value is -8.44. The van der Waals surface area contributed by atoms with Crippen LogP contribution in [-0.4, -0.2) is 11.6 Å². The normalized spacial score (nSPS) is 16.0. The number of ketones is 2. The molecule has 6 aromatic heterocycles. The lowest BCUT2D eigenvalue weighted by molar-refractivity contribution is 0.103. The number of thiophene rings is 6. The van der Waals surface area contributed by atoms with Crippen LogP contribution in [0.4, 0.5) is 0 Å². The van der Waals surface area contributed by atoms with Gasteiger partial charge in [0.25, 0.3) is 11.4 Å². The Morgan fingerprint density at radius 1 is 0.433 bits per heavy atom. The quantitative estimate of drug-likeness (QED) is 0.0234. The third-order valence-electron chi connectivity index (χ3n) is 21.8. The minimum atomic E-state index is -0.831. The molecular formula is C91H79BrN4O2S6. The Kier molecular flexibility index (Phi) is 20.7. The summed E-state index contributed by atoms with van der Waals surface area (Å²) in [6.07, 6.45) is 26.8. The molecule has 0 N–H and O–H groups in total. The third-order valence-corrected chi connectivity index (χ3v) is 29.3. The Balaban J connectivity index is 1.01.